The summed E-state index contributed by atoms with van der Waals surface area (Å²) in [4.78, 5) is 14.4. The van der Waals surface area contributed by atoms with Crippen molar-refractivity contribution in [1.82, 2.24) is 4.90 Å². The zero-order valence-corrected chi connectivity index (χ0v) is 16.1. The fourth-order valence-electron chi connectivity index (χ4n) is 3.28. The van der Waals surface area contributed by atoms with E-state index in [0.717, 1.165) is 28.0 Å². The Hall–Kier alpha value is -3.38. The minimum absolute atomic E-state index is 0.00902. The molecule has 2 aliphatic rings. The van der Waals surface area contributed by atoms with Crippen LogP contribution in [0.25, 0.3) is 0 Å². The topological polar surface area (TPSA) is 71.1 Å². The molecule has 3 rings (SSSR count). The lowest BCUT2D eigenvalue weighted by molar-refractivity contribution is -0.137. The molecule has 0 N–H and O–H groups in total. The molecule has 1 aromatic carbocycles. The van der Waals surface area contributed by atoms with Crippen molar-refractivity contribution >= 4 is 28.9 Å². The highest BCUT2D eigenvalue weighted by Gasteiger charge is 2.42. The van der Waals surface area contributed by atoms with Crippen LogP contribution in [0, 0.1) is 22.7 Å². The Balaban J connectivity index is 2.00. The van der Waals surface area contributed by atoms with Gasteiger partial charge in [0, 0.05) is 11.3 Å². The third-order valence-electron chi connectivity index (χ3n) is 4.71. The van der Waals surface area contributed by atoms with E-state index in [1.807, 2.05) is 0 Å². The zero-order chi connectivity index (χ0) is 23.1. The van der Waals surface area contributed by atoms with E-state index in [4.69, 9.17) is 22.7 Å². The summed E-state index contributed by atoms with van der Waals surface area (Å²) in [6.07, 6.45) is -9.16. The minimum atomic E-state index is -4.86. The zero-order valence-electron chi connectivity index (χ0n) is 15.3. The van der Waals surface area contributed by atoms with Gasteiger partial charge in [-0.25, -0.2) is 0 Å². The van der Waals surface area contributed by atoms with Crippen LogP contribution in [0.15, 0.2) is 41.1 Å². The van der Waals surface area contributed by atoms with Gasteiger partial charge in [-0.3, -0.25) is 9.69 Å². The molecule has 1 aromatic rings. The molecule has 0 spiro atoms. The van der Waals surface area contributed by atoms with E-state index in [2.05, 4.69) is 0 Å². The summed E-state index contributed by atoms with van der Waals surface area (Å²) in [6.45, 7) is -0.473. The molecular formula is C19H10F6N4OS. The van der Waals surface area contributed by atoms with Crippen molar-refractivity contribution in [3.8, 4) is 12.1 Å². The van der Waals surface area contributed by atoms with Crippen molar-refractivity contribution < 1.29 is 31.1 Å². The number of amides is 1. The average Bonchev–Trinajstić information content (AvgIpc) is 2.99. The average molecular weight is 456 g/mol. The molecule has 0 atom stereocenters. The van der Waals surface area contributed by atoms with Crippen molar-refractivity contribution in [3.63, 3.8) is 0 Å². The van der Waals surface area contributed by atoms with Crippen LogP contribution in [0.2, 0.25) is 0 Å². The number of halogens is 6. The van der Waals surface area contributed by atoms with Gasteiger partial charge in [-0.1, -0.05) is 0 Å². The molecule has 12 heteroatoms. The number of allylic oxidation sites excluding steroid dienone is 4. The SMILES string of the molecule is N#CC1=C(C(F)(F)F)C=C(N2CC(=O)N(c3ccc(C#N)c(C(F)(F)F)c3)C2=S)CC1. The van der Waals surface area contributed by atoms with E-state index in [-0.39, 0.29) is 29.3 Å². The molecule has 5 nitrogen and oxygen atoms in total. The Morgan fingerprint density at radius 3 is 2.23 bits per heavy atom. The van der Waals surface area contributed by atoms with E-state index in [1.54, 1.807) is 0 Å². The van der Waals surface area contributed by atoms with Crippen molar-refractivity contribution in [2.45, 2.75) is 25.2 Å². The second-order valence-electron chi connectivity index (χ2n) is 6.57. The van der Waals surface area contributed by atoms with Gasteiger partial charge in [-0.05, 0) is 49.3 Å². The smallest absolute Gasteiger partial charge is 0.313 e. The molecule has 0 unspecified atom stereocenters. The second kappa shape index (κ2) is 7.71. The van der Waals surface area contributed by atoms with E-state index in [9.17, 15) is 31.1 Å². The van der Waals surface area contributed by atoms with E-state index >= 15 is 0 Å². The van der Waals surface area contributed by atoms with E-state index in [0.29, 0.717) is 6.07 Å². The van der Waals surface area contributed by atoms with Gasteiger partial charge in [0.05, 0.1) is 34.5 Å². The molecule has 1 aliphatic carbocycles. The molecule has 0 aromatic heterocycles. The molecule has 31 heavy (non-hydrogen) atoms. The number of carbonyl (C=O) groups excluding carboxylic acids is 1. The van der Waals surface area contributed by atoms with Crippen LogP contribution in [-0.2, 0) is 11.0 Å². The van der Waals surface area contributed by atoms with Crippen molar-refractivity contribution in [2.75, 3.05) is 11.4 Å². The van der Waals surface area contributed by atoms with Gasteiger partial charge in [0.2, 0.25) is 0 Å². The number of carbonyl (C=O) groups is 1. The van der Waals surface area contributed by atoms with Crippen LogP contribution in [0.5, 0.6) is 0 Å². The summed E-state index contributed by atoms with van der Waals surface area (Å²) in [5.74, 6) is -0.743. The van der Waals surface area contributed by atoms with E-state index < -0.39 is 47.1 Å². The summed E-state index contributed by atoms with van der Waals surface area (Å²) in [5, 5.41) is 17.5. The van der Waals surface area contributed by atoms with Crippen molar-refractivity contribution in [1.29, 1.82) is 10.5 Å². The van der Waals surface area contributed by atoms with Gasteiger partial charge in [-0.2, -0.15) is 36.9 Å². The van der Waals surface area contributed by atoms with Gasteiger partial charge in [-0.15, -0.1) is 0 Å². The Morgan fingerprint density at radius 2 is 1.68 bits per heavy atom. The van der Waals surface area contributed by atoms with Crippen molar-refractivity contribution in [3.05, 3.63) is 52.2 Å². The Bertz CT molecular complexity index is 1120. The first-order valence-corrected chi connectivity index (χ1v) is 8.96. The summed E-state index contributed by atoms with van der Waals surface area (Å²) in [6, 6.07) is 5.51. The van der Waals surface area contributed by atoms with Crippen LogP contribution >= 0.6 is 12.2 Å². The molecule has 160 valence electrons. The largest absolute Gasteiger partial charge is 0.417 e. The number of thiocarbonyl (C=S) groups is 1. The number of nitrogens with zero attached hydrogens (tertiary/aromatic N) is 4. The predicted octanol–water partition coefficient (Wildman–Crippen LogP) is 4.57. The van der Waals surface area contributed by atoms with Crippen LogP contribution in [0.3, 0.4) is 0 Å². The van der Waals surface area contributed by atoms with E-state index in [1.165, 1.54) is 12.1 Å². The Kier molecular flexibility index (Phi) is 5.54. The normalized spacial score (nSPS) is 17.6. The Morgan fingerprint density at radius 1 is 1.00 bits per heavy atom. The summed E-state index contributed by atoms with van der Waals surface area (Å²) in [7, 11) is 0. The first kappa shape index (κ1) is 22.3. The summed E-state index contributed by atoms with van der Waals surface area (Å²) < 4.78 is 79.5. The van der Waals surface area contributed by atoms with Crippen molar-refractivity contribution in [2.24, 2.45) is 0 Å². The fraction of sp³-hybridized carbons (Fsp3) is 0.263. The number of benzene rings is 1. The van der Waals surface area contributed by atoms with Gasteiger partial charge in [0.1, 0.15) is 6.54 Å². The number of hydrogen-bond acceptors (Lipinski definition) is 4. The number of nitriles is 2. The minimum Gasteiger partial charge on any atom is -0.313 e. The lowest BCUT2D eigenvalue weighted by Crippen LogP contribution is -2.33. The number of anilines is 1. The maximum atomic E-state index is 13.3. The molecule has 1 saturated heterocycles. The number of hydrogen-bond donors (Lipinski definition) is 0. The van der Waals surface area contributed by atoms with Crippen LogP contribution in [0.1, 0.15) is 24.0 Å². The number of alkyl halides is 6. The third kappa shape index (κ3) is 4.11. The quantitative estimate of drug-likeness (QED) is 0.482. The van der Waals surface area contributed by atoms with Crippen LogP contribution < -0.4 is 4.90 Å². The maximum absolute atomic E-state index is 13.3. The second-order valence-corrected chi connectivity index (χ2v) is 6.94. The molecule has 0 radical (unpaired) electrons. The standard InChI is InChI=1S/C19H10F6N4OS/c20-18(21,22)14-5-12(3-1-10(14)7-26)28-9-16(30)29(17(28)31)13-4-2-11(8-27)15(6-13)19(23,24)25/h2,4-6H,1,3,9H2. The van der Waals surface area contributed by atoms with Gasteiger partial charge in [0.25, 0.3) is 5.91 Å². The van der Waals surface area contributed by atoms with Gasteiger partial charge in [0.15, 0.2) is 5.11 Å². The monoisotopic (exact) mass is 456 g/mol. The summed E-state index contributed by atoms with van der Waals surface area (Å²) in [5.41, 5.74) is -3.75. The highest BCUT2D eigenvalue weighted by molar-refractivity contribution is 7.80. The van der Waals surface area contributed by atoms with Gasteiger partial charge >= 0.3 is 12.4 Å². The van der Waals surface area contributed by atoms with Crippen LogP contribution in [-0.4, -0.2) is 28.6 Å². The molecule has 0 bridgehead atoms. The lowest BCUT2D eigenvalue weighted by Gasteiger charge is -2.26. The molecule has 1 amide bonds. The first-order valence-electron chi connectivity index (χ1n) is 8.55. The molecule has 1 fully saturated rings. The number of rotatable bonds is 2. The Labute approximate surface area is 177 Å². The predicted molar refractivity (Wildman–Crippen MR) is 99.0 cm³/mol. The lowest BCUT2D eigenvalue weighted by atomic mass is 9.95. The first-order chi connectivity index (χ1) is 14.4. The molecule has 1 heterocycles. The fourth-order valence-corrected chi connectivity index (χ4v) is 3.67. The highest BCUT2D eigenvalue weighted by Crippen LogP contribution is 2.39. The maximum Gasteiger partial charge on any atom is 0.417 e. The third-order valence-corrected chi connectivity index (χ3v) is 5.11. The molecule has 0 saturated carbocycles. The summed E-state index contributed by atoms with van der Waals surface area (Å²) >= 11 is 5.17. The highest BCUT2D eigenvalue weighted by atomic mass is 32.1. The van der Waals surface area contributed by atoms with Gasteiger partial charge < -0.3 is 4.90 Å². The molecular weight excluding hydrogens is 446 g/mol. The molecule has 1 aliphatic heterocycles. The van der Waals surface area contributed by atoms with Crippen LogP contribution in [0.4, 0.5) is 32.0 Å².